The van der Waals surface area contributed by atoms with Gasteiger partial charge in [0.1, 0.15) is 11.6 Å². The van der Waals surface area contributed by atoms with Crippen molar-refractivity contribution in [3.63, 3.8) is 0 Å². The van der Waals surface area contributed by atoms with Gasteiger partial charge in [-0.2, -0.15) is 0 Å². The summed E-state index contributed by atoms with van der Waals surface area (Å²) in [6, 6.07) is 8.50. The van der Waals surface area contributed by atoms with Gasteiger partial charge >= 0.3 is 0 Å². The molecule has 1 unspecified atom stereocenters. The molecule has 0 amide bonds. The first-order valence-corrected chi connectivity index (χ1v) is 8.34. The minimum Gasteiger partial charge on any atom is -0.496 e. The zero-order valence-electron chi connectivity index (χ0n) is 10.5. The van der Waals surface area contributed by atoms with E-state index in [1.807, 2.05) is 18.2 Å². The summed E-state index contributed by atoms with van der Waals surface area (Å²) < 4.78 is 21.2. The second kappa shape index (κ2) is 6.72. The van der Waals surface area contributed by atoms with E-state index in [4.69, 9.17) is 10.5 Å². The van der Waals surface area contributed by atoms with E-state index in [9.17, 15) is 4.39 Å². The molecule has 20 heavy (non-hydrogen) atoms. The van der Waals surface area contributed by atoms with Crippen LogP contribution in [0, 0.1) is 9.39 Å². The van der Waals surface area contributed by atoms with Crippen molar-refractivity contribution >= 4 is 54.5 Å². The maximum Gasteiger partial charge on any atom is 0.141 e. The molecule has 0 radical (unpaired) electrons. The van der Waals surface area contributed by atoms with Crippen LogP contribution < -0.4 is 10.5 Å². The third kappa shape index (κ3) is 3.35. The van der Waals surface area contributed by atoms with Gasteiger partial charge in [0, 0.05) is 19.7 Å². The molecule has 1 atom stereocenters. The summed E-state index contributed by atoms with van der Waals surface area (Å²) in [5.74, 6) is 0.0655. The Labute approximate surface area is 147 Å². The van der Waals surface area contributed by atoms with E-state index in [1.54, 1.807) is 6.07 Å². The summed E-state index contributed by atoms with van der Waals surface area (Å²) in [6.45, 7) is 0. The number of nitrogens with two attached hydrogens (primary N) is 1. The van der Waals surface area contributed by atoms with Gasteiger partial charge in [0.15, 0.2) is 0 Å². The van der Waals surface area contributed by atoms with E-state index < -0.39 is 6.04 Å². The fourth-order valence-electron chi connectivity index (χ4n) is 1.88. The lowest BCUT2D eigenvalue weighted by Crippen LogP contribution is -2.15. The van der Waals surface area contributed by atoms with E-state index in [2.05, 4.69) is 54.5 Å². The minimum atomic E-state index is -0.397. The largest absolute Gasteiger partial charge is 0.496 e. The highest BCUT2D eigenvalue weighted by Crippen LogP contribution is 2.35. The summed E-state index contributed by atoms with van der Waals surface area (Å²) >= 11 is 8.86. The number of rotatable bonds is 3. The molecule has 106 valence electrons. The Kier molecular flexibility index (Phi) is 5.44. The Balaban J connectivity index is 2.55. The van der Waals surface area contributed by atoms with Gasteiger partial charge in [-0.15, -0.1) is 0 Å². The zero-order chi connectivity index (χ0) is 14.9. The fourth-order valence-corrected chi connectivity index (χ4v) is 3.30. The van der Waals surface area contributed by atoms with Crippen LogP contribution in [-0.2, 0) is 0 Å². The quantitative estimate of drug-likeness (QED) is 0.584. The first-order valence-electron chi connectivity index (χ1n) is 5.67. The average molecular weight is 515 g/mol. The Hall–Kier alpha value is -0.180. The minimum absolute atomic E-state index is 0.369. The molecule has 2 aromatic carbocycles. The van der Waals surface area contributed by atoms with E-state index in [0.29, 0.717) is 10.2 Å². The van der Waals surface area contributed by atoms with Crippen LogP contribution in [0.15, 0.2) is 39.3 Å². The summed E-state index contributed by atoms with van der Waals surface area (Å²) in [4.78, 5) is 0. The molecule has 2 N–H and O–H groups in total. The fraction of sp³-hybridized carbons (Fsp3) is 0.143. The molecule has 0 saturated carbocycles. The molecule has 2 rings (SSSR count). The molecular formula is C14H11Br2FINO. The third-order valence-corrected chi connectivity index (χ3v) is 4.98. The highest BCUT2D eigenvalue weighted by Gasteiger charge is 2.19. The number of methoxy groups -OCH3 is 1. The molecule has 0 aliphatic rings. The van der Waals surface area contributed by atoms with Crippen molar-refractivity contribution in [1.82, 2.24) is 0 Å². The highest BCUT2D eigenvalue weighted by molar-refractivity contribution is 14.1. The van der Waals surface area contributed by atoms with Crippen molar-refractivity contribution in [2.45, 2.75) is 6.04 Å². The lowest BCUT2D eigenvalue weighted by atomic mass is 9.99. The van der Waals surface area contributed by atoms with Crippen molar-refractivity contribution in [2.75, 3.05) is 7.11 Å². The molecule has 2 nitrogen and oxygen atoms in total. The molecule has 0 aromatic heterocycles. The van der Waals surface area contributed by atoms with Crippen molar-refractivity contribution < 1.29 is 9.13 Å². The van der Waals surface area contributed by atoms with Gasteiger partial charge < -0.3 is 10.5 Å². The number of benzene rings is 2. The summed E-state index contributed by atoms with van der Waals surface area (Å²) in [5.41, 5.74) is 8.02. The lowest BCUT2D eigenvalue weighted by Gasteiger charge is -2.18. The maximum absolute atomic E-state index is 13.6. The number of hydrogen-bond acceptors (Lipinski definition) is 2. The summed E-state index contributed by atoms with van der Waals surface area (Å²) in [7, 11) is 1.50. The molecule has 0 bridgehead atoms. The van der Waals surface area contributed by atoms with Crippen LogP contribution >= 0.6 is 54.5 Å². The lowest BCUT2D eigenvalue weighted by molar-refractivity contribution is 0.404. The van der Waals surface area contributed by atoms with Crippen LogP contribution in [0.1, 0.15) is 17.2 Å². The van der Waals surface area contributed by atoms with Crippen LogP contribution in [0.25, 0.3) is 0 Å². The van der Waals surface area contributed by atoms with Gasteiger partial charge in [-0.1, -0.05) is 15.9 Å². The van der Waals surface area contributed by atoms with Crippen molar-refractivity contribution in [3.05, 3.63) is 59.8 Å². The number of ether oxygens (including phenoxy) is 1. The van der Waals surface area contributed by atoms with E-state index in [-0.39, 0.29) is 5.82 Å². The van der Waals surface area contributed by atoms with Crippen molar-refractivity contribution in [1.29, 1.82) is 0 Å². The Bertz CT molecular complexity index is 651. The Morgan fingerprint density at radius 3 is 2.55 bits per heavy atom. The van der Waals surface area contributed by atoms with E-state index in [0.717, 1.165) is 19.2 Å². The first kappa shape index (κ1) is 16.2. The van der Waals surface area contributed by atoms with Gasteiger partial charge in [0.2, 0.25) is 0 Å². The molecule has 6 heteroatoms. The third-order valence-electron chi connectivity index (χ3n) is 2.90. The number of halogens is 4. The zero-order valence-corrected chi connectivity index (χ0v) is 15.8. The monoisotopic (exact) mass is 513 g/mol. The molecule has 2 aromatic rings. The molecule has 0 saturated heterocycles. The topological polar surface area (TPSA) is 35.2 Å². The standard InChI is InChI=1S/C14H11Br2FINO/c1-20-13-6-11(17)10(16)5-9(13)14(19)8-4-7(15)2-3-12(8)18/h2-6,14H,19H2,1H3. The van der Waals surface area contributed by atoms with Gasteiger partial charge in [-0.25, -0.2) is 4.39 Å². The highest BCUT2D eigenvalue weighted by atomic mass is 127. The second-order valence-electron chi connectivity index (χ2n) is 4.15. The first-order chi connectivity index (χ1) is 9.43. The van der Waals surface area contributed by atoms with Crippen LogP contribution in [0.3, 0.4) is 0 Å². The van der Waals surface area contributed by atoms with Crippen LogP contribution in [0.2, 0.25) is 0 Å². The Morgan fingerprint density at radius 2 is 1.90 bits per heavy atom. The molecular weight excluding hydrogens is 504 g/mol. The summed E-state index contributed by atoms with van der Waals surface area (Å²) in [6.07, 6.45) is 0. The maximum atomic E-state index is 13.6. The normalized spacial score (nSPS) is 12.3. The van der Waals surface area contributed by atoms with E-state index in [1.165, 1.54) is 13.2 Å². The summed E-state index contributed by atoms with van der Waals surface area (Å²) in [5, 5.41) is 0. The van der Waals surface area contributed by atoms with Crippen molar-refractivity contribution in [3.8, 4) is 5.75 Å². The van der Waals surface area contributed by atoms with Gasteiger partial charge in [-0.3, -0.25) is 0 Å². The predicted octanol–water partition coefficient (Wildman–Crippen LogP) is 5.01. The van der Waals surface area contributed by atoms with Crippen LogP contribution in [0.4, 0.5) is 4.39 Å². The SMILES string of the molecule is COc1cc(F)c(Br)cc1C(N)c1cc(Br)ccc1I. The molecule has 0 fully saturated rings. The predicted molar refractivity (Wildman–Crippen MR) is 93.5 cm³/mol. The Morgan fingerprint density at radius 1 is 1.20 bits per heavy atom. The van der Waals surface area contributed by atoms with Gasteiger partial charge in [-0.05, 0) is 68.3 Å². The smallest absolute Gasteiger partial charge is 0.141 e. The van der Waals surface area contributed by atoms with Gasteiger partial charge in [0.25, 0.3) is 0 Å². The second-order valence-corrected chi connectivity index (χ2v) is 7.08. The van der Waals surface area contributed by atoms with Crippen molar-refractivity contribution in [2.24, 2.45) is 5.73 Å². The molecule has 0 aliphatic heterocycles. The van der Waals surface area contributed by atoms with Crippen LogP contribution in [0.5, 0.6) is 5.75 Å². The molecule has 0 heterocycles. The molecule has 0 spiro atoms. The van der Waals surface area contributed by atoms with Crippen LogP contribution in [-0.4, -0.2) is 7.11 Å². The average Bonchev–Trinajstić information content (AvgIpc) is 2.43. The van der Waals surface area contributed by atoms with Gasteiger partial charge in [0.05, 0.1) is 17.6 Å². The number of hydrogen-bond donors (Lipinski definition) is 1. The van der Waals surface area contributed by atoms with E-state index >= 15 is 0 Å². The molecule has 0 aliphatic carbocycles.